The van der Waals surface area contributed by atoms with Crippen molar-refractivity contribution in [1.29, 1.82) is 0 Å². The molecule has 0 aromatic carbocycles. The Hall–Kier alpha value is -0.120. The molecule has 0 fully saturated rings. The van der Waals surface area contributed by atoms with Crippen LogP contribution in [0.4, 0.5) is 0 Å². The highest BCUT2D eigenvalue weighted by Crippen LogP contribution is 2.08. The maximum Gasteiger partial charge on any atom is 0.00965 e. The van der Waals surface area contributed by atoms with Crippen LogP contribution in [0.25, 0.3) is 0 Å². The Balaban J connectivity index is 0. The first-order chi connectivity index (χ1) is 8.06. The minimum Gasteiger partial charge on any atom is -0.312 e. The Bertz CT molecular complexity index is 130. The minimum absolute atomic E-state index is 0.293. The van der Waals surface area contributed by atoms with Crippen molar-refractivity contribution < 1.29 is 0 Å². The van der Waals surface area contributed by atoms with E-state index in [1.54, 1.807) is 0 Å². The van der Waals surface area contributed by atoms with Gasteiger partial charge in [0.05, 0.1) is 0 Å². The molecule has 0 spiro atoms. The maximum atomic E-state index is 4.00. The van der Waals surface area contributed by atoms with Gasteiger partial charge < -0.3 is 5.32 Å². The molecule has 5 N–H and O–H groups in total. The van der Waals surface area contributed by atoms with Crippen molar-refractivity contribution in [1.82, 2.24) is 5.32 Å². The smallest absolute Gasteiger partial charge is 0.00965 e. The third-order valence-electron chi connectivity index (χ3n) is 2.69. The summed E-state index contributed by atoms with van der Waals surface area (Å²) in [6.45, 7) is 10.2. The van der Waals surface area contributed by atoms with E-state index in [-0.39, 0.29) is 0 Å². The SMILES string of the molecule is CCCCCCCCCCNC(C)(C)C.NN. The second kappa shape index (κ2) is 13.9. The average molecular weight is 245 g/mol. The van der Waals surface area contributed by atoms with Gasteiger partial charge in [0.1, 0.15) is 0 Å². The summed E-state index contributed by atoms with van der Waals surface area (Å²) in [5.74, 6) is 8.00. The van der Waals surface area contributed by atoms with Crippen LogP contribution in [0.15, 0.2) is 0 Å². The predicted octanol–water partition coefficient (Wildman–Crippen LogP) is 3.33. The van der Waals surface area contributed by atoms with Crippen molar-refractivity contribution in [2.45, 2.75) is 84.6 Å². The third-order valence-corrected chi connectivity index (χ3v) is 2.69. The van der Waals surface area contributed by atoms with Gasteiger partial charge in [0, 0.05) is 5.54 Å². The van der Waals surface area contributed by atoms with Crippen molar-refractivity contribution in [2.75, 3.05) is 6.54 Å². The fraction of sp³-hybridized carbons (Fsp3) is 1.00. The number of unbranched alkanes of at least 4 members (excludes halogenated alkanes) is 7. The van der Waals surface area contributed by atoms with Gasteiger partial charge >= 0.3 is 0 Å². The van der Waals surface area contributed by atoms with E-state index in [9.17, 15) is 0 Å². The molecule has 0 heterocycles. The summed E-state index contributed by atoms with van der Waals surface area (Å²) in [7, 11) is 0. The summed E-state index contributed by atoms with van der Waals surface area (Å²) in [5.41, 5.74) is 0.293. The zero-order valence-corrected chi connectivity index (χ0v) is 12.5. The lowest BCUT2D eigenvalue weighted by Crippen LogP contribution is -2.36. The van der Waals surface area contributed by atoms with E-state index >= 15 is 0 Å². The summed E-state index contributed by atoms with van der Waals surface area (Å²) in [4.78, 5) is 0. The summed E-state index contributed by atoms with van der Waals surface area (Å²) in [6.07, 6.45) is 11.3. The van der Waals surface area contributed by atoms with Crippen molar-refractivity contribution in [3.8, 4) is 0 Å². The van der Waals surface area contributed by atoms with Crippen LogP contribution in [-0.2, 0) is 0 Å². The zero-order valence-electron chi connectivity index (χ0n) is 12.5. The molecule has 0 aliphatic heterocycles. The molecule has 0 saturated heterocycles. The summed E-state index contributed by atoms with van der Waals surface area (Å²) in [5, 5.41) is 3.53. The van der Waals surface area contributed by atoms with Gasteiger partial charge in [-0.1, -0.05) is 51.9 Å². The molecule has 0 aromatic rings. The standard InChI is InChI=1S/C14H31N.H4N2/c1-5-6-7-8-9-10-11-12-13-15-14(2,3)4;1-2/h15H,5-13H2,1-4H3;1-2H2. The monoisotopic (exact) mass is 245 g/mol. The second-order valence-corrected chi connectivity index (χ2v) is 5.65. The average Bonchev–Trinajstić information content (AvgIpc) is 2.28. The van der Waals surface area contributed by atoms with E-state index in [0.29, 0.717) is 5.54 Å². The lowest BCUT2D eigenvalue weighted by atomic mass is 10.1. The molecule has 0 unspecified atom stereocenters. The molecule has 0 amide bonds. The van der Waals surface area contributed by atoms with Crippen LogP contribution in [0, 0.1) is 0 Å². The van der Waals surface area contributed by atoms with Crippen LogP contribution in [0.5, 0.6) is 0 Å². The Kier molecular flexibility index (Phi) is 15.8. The molecule has 0 aromatic heterocycles. The van der Waals surface area contributed by atoms with Crippen LogP contribution in [-0.4, -0.2) is 12.1 Å². The molecule has 0 saturated carbocycles. The van der Waals surface area contributed by atoms with E-state index in [2.05, 4.69) is 44.7 Å². The van der Waals surface area contributed by atoms with Gasteiger partial charge in [-0.3, -0.25) is 11.7 Å². The first-order valence-electron chi connectivity index (χ1n) is 7.14. The molecule has 0 radical (unpaired) electrons. The quantitative estimate of drug-likeness (QED) is 0.332. The van der Waals surface area contributed by atoms with Crippen LogP contribution in [0.3, 0.4) is 0 Å². The van der Waals surface area contributed by atoms with Crippen LogP contribution in [0.2, 0.25) is 0 Å². The van der Waals surface area contributed by atoms with Gasteiger partial charge in [-0.2, -0.15) is 0 Å². The Labute approximate surface area is 109 Å². The highest BCUT2D eigenvalue weighted by Gasteiger charge is 2.06. The zero-order chi connectivity index (χ0) is 13.6. The van der Waals surface area contributed by atoms with E-state index < -0.39 is 0 Å². The highest BCUT2D eigenvalue weighted by molar-refractivity contribution is 4.69. The minimum atomic E-state index is 0.293. The van der Waals surface area contributed by atoms with Gasteiger partial charge in [0.25, 0.3) is 0 Å². The van der Waals surface area contributed by atoms with Gasteiger partial charge in [-0.15, -0.1) is 0 Å². The lowest BCUT2D eigenvalue weighted by Gasteiger charge is -2.20. The number of rotatable bonds is 9. The van der Waals surface area contributed by atoms with E-state index in [0.717, 1.165) is 0 Å². The van der Waals surface area contributed by atoms with Gasteiger partial charge in [0.2, 0.25) is 0 Å². The van der Waals surface area contributed by atoms with Crippen molar-refractivity contribution in [3.05, 3.63) is 0 Å². The van der Waals surface area contributed by atoms with Gasteiger partial charge in [0.15, 0.2) is 0 Å². The largest absolute Gasteiger partial charge is 0.312 e. The summed E-state index contributed by atoms with van der Waals surface area (Å²) in [6, 6.07) is 0. The van der Waals surface area contributed by atoms with Crippen LogP contribution in [0.1, 0.15) is 79.1 Å². The molecule has 0 rings (SSSR count). The molecule has 0 aliphatic rings. The number of nitrogens with two attached hydrogens (primary N) is 2. The second-order valence-electron chi connectivity index (χ2n) is 5.65. The van der Waals surface area contributed by atoms with E-state index in [1.165, 1.54) is 57.9 Å². The first kappa shape index (κ1) is 19.2. The Morgan fingerprint density at radius 3 is 1.59 bits per heavy atom. The predicted molar refractivity (Wildman–Crippen MR) is 78.7 cm³/mol. The molecule has 0 bridgehead atoms. The summed E-state index contributed by atoms with van der Waals surface area (Å²) < 4.78 is 0. The fourth-order valence-electron chi connectivity index (χ4n) is 1.72. The molecule has 17 heavy (non-hydrogen) atoms. The van der Waals surface area contributed by atoms with E-state index in [1.807, 2.05) is 0 Å². The van der Waals surface area contributed by atoms with Gasteiger partial charge in [-0.25, -0.2) is 0 Å². The third kappa shape index (κ3) is 21.7. The molecule has 3 nitrogen and oxygen atoms in total. The molecular weight excluding hydrogens is 210 g/mol. The van der Waals surface area contributed by atoms with Crippen molar-refractivity contribution in [2.24, 2.45) is 11.7 Å². The van der Waals surface area contributed by atoms with E-state index in [4.69, 9.17) is 0 Å². The number of hydrogen-bond acceptors (Lipinski definition) is 3. The molecule has 0 aliphatic carbocycles. The molecule has 0 atom stereocenters. The number of nitrogens with one attached hydrogen (secondary N) is 1. The summed E-state index contributed by atoms with van der Waals surface area (Å²) >= 11 is 0. The van der Waals surface area contributed by atoms with Crippen LogP contribution >= 0.6 is 0 Å². The molecule has 3 heteroatoms. The molecule has 106 valence electrons. The topological polar surface area (TPSA) is 64.1 Å². The number of hydrogen-bond donors (Lipinski definition) is 3. The highest BCUT2D eigenvalue weighted by atomic mass is 15.0. The molecular formula is C14H35N3. The lowest BCUT2D eigenvalue weighted by molar-refractivity contribution is 0.415. The van der Waals surface area contributed by atoms with Crippen LogP contribution < -0.4 is 17.0 Å². The van der Waals surface area contributed by atoms with Gasteiger partial charge in [-0.05, 0) is 33.7 Å². The number of hydrazine groups is 1. The normalized spacial score (nSPS) is 10.9. The van der Waals surface area contributed by atoms with Crippen molar-refractivity contribution >= 4 is 0 Å². The Morgan fingerprint density at radius 1 is 0.765 bits per heavy atom. The fourth-order valence-corrected chi connectivity index (χ4v) is 1.72. The first-order valence-corrected chi connectivity index (χ1v) is 7.14. The maximum absolute atomic E-state index is 4.00. The Morgan fingerprint density at radius 2 is 1.18 bits per heavy atom. The van der Waals surface area contributed by atoms with Crippen molar-refractivity contribution in [3.63, 3.8) is 0 Å².